The fraction of sp³-hybridized carbons (Fsp3) is 0.600. The van der Waals surface area contributed by atoms with Gasteiger partial charge in [0, 0.05) is 26.1 Å². The molecule has 2 aliphatic rings. The maximum atomic E-state index is 12.6. The van der Waals surface area contributed by atoms with E-state index in [0.717, 1.165) is 18.4 Å². The van der Waals surface area contributed by atoms with Gasteiger partial charge in [0.15, 0.2) is 0 Å². The summed E-state index contributed by atoms with van der Waals surface area (Å²) in [4.78, 5) is 28.4. The lowest BCUT2D eigenvalue weighted by Crippen LogP contribution is -2.40. The maximum absolute atomic E-state index is 12.6. The molecule has 5 heteroatoms. The second kappa shape index (κ2) is 8.48. The van der Waals surface area contributed by atoms with Crippen molar-refractivity contribution in [3.8, 4) is 0 Å². The Morgan fingerprint density at radius 3 is 2.52 bits per heavy atom. The fourth-order valence-corrected chi connectivity index (χ4v) is 3.91. The van der Waals surface area contributed by atoms with E-state index in [0.29, 0.717) is 18.9 Å². The van der Waals surface area contributed by atoms with Crippen molar-refractivity contribution in [1.29, 1.82) is 0 Å². The van der Waals surface area contributed by atoms with Crippen LogP contribution in [0, 0.1) is 5.92 Å². The highest BCUT2D eigenvalue weighted by Crippen LogP contribution is 2.27. The molecule has 1 heterocycles. The van der Waals surface area contributed by atoms with Crippen LogP contribution in [-0.2, 0) is 16.1 Å². The second-order valence-corrected chi connectivity index (χ2v) is 7.40. The third kappa shape index (κ3) is 5.05. The Morgan fingerprint density at radius 2 is 1.80 bits per heavy atom. The average molecular weight is 344 g/mol. The topological polar surface area (TPSA) is 60.9 Å². The van der Waals surface area contributed by atoms with E-state index in [-0.39, 0.29) is 31.4 Å². The van der Waals surface area contributed by atoms with Crippen molar-refractivity contribution in [3.63, 3.8) is 0 Å². The van der Waals surface area contributed by atoms with Crippen LogP contribution in [0.2, 0.25) is 0 Å². The smallest absolute Gasteiger partial charge is 0.242 e. The summed E-state index contributed by atoms with van der Waals surface area (Å²) in [5, 5.41) is 10.3. The highest BCUT2D eigenvalue weighted by Gasteiger charge is 2.30. The molecule has 0 spiro atoms. The number of nitrogens with zero attached hydrogens (tertiary/aromatic N) is 2. The standard InChI is InChI=1S/C20H28N2O3/c23-18-13-21(12-17-9-5-2-6-10-17)20(25)15-22(14-18)19(24)11-16-7-3-1-4-8-16/h2,5-6,9-10,16,18,23H,1,3-4,7-8,11-15H2. The Labute approximate surface area is 149 Å². The molecule has 1 aliphatic carbocycles. The van der Waals surface area contributed by atoms with Crippen molar-refractivity contribution in [2.45, 2.75) is 51.2 Å². The molecule has 5 nitrogen and oxygen atoms in total. The number of carbonyl (C=O) groups excluding carboxylic acids is 2. The van der Waals surface area contributed by atoms with E-state index in [4.69, 9.17) is 0 Å². The maximum Gasteiger partial charge on any atom is 0.242 e. The summed E-state index contributed by atoms with van der Waals surface area (Å²) in [7, 11) is 0. The number of hydrogen-bond donors (Lipinski definition) is 1. The third-order valence-corrected chi connectivity index (χ3v) is 5.30. The molecule has 0 bridgehead atoms. The molecular weight excluding hydrogens is 316 g/mol. The summed E-state index contributed by atoms with van der Waals surface area (Å²) >= 11 is 0. The van der Waals surface area contributed by atoms with E-state index in [1.807, 2.05) is 30.3 Å². The van der Waals surface area contributed by atoms with Crippen molar-refractivity contribution in [2.75, 3.05) is 19.6 Å². The number of aliphatic hydroxyl groups is 1. The molecule has 1 aromatic rings. The van der Waals surface area contributed by atoms with Gasteiger partial charge in [0.2, 0.25) is 11.8 Å². The largest absolute Gasteiger partial charge is 0.389 e. The number of carbonyl (C=O) groups is 2. The Bertz CT molecular complexity index is 584. The van der Waals surface area contributed by atoms with Crippen LogP contribution in [0.5, 0.6) is 0 Å². The van der Waals surface area contributed by atoms with E-state index in [1.54, 1.807) is 9.80 Å². The van der Waals surface area contributed by atoms with Gasteiger partial charge in [-0.1, -0.05) is 49.6 Å². The first-order chi connectivity index (χ1) is 12.1. The normalized spacial score (nSPS) is 22.8. The molecule has 0 aromatic heterocycles. The predicted octanol–water partition coefficient (Wildman–Crippen LogP) is 2.19. The average Bonchev–Trinajstić information content (AvgIpc) is 2.75. The van der Waals surface area contributed by atoms with E-state index in [1.165, 1.54) is 19.3 Å². The molecule has 1 unspecified atom stereocenters. The Kier molecular flexibility index (Phi) is 6.08. The number of rotatable bonds is 4. The molecule has 1 atom stereocenters. The Hall–Kier alpha value is -1.88. The van der Waals surface area contributed by atoms with Gasteiger partial charge in [0.05, 0.1) is 12.6 Å². The van der Waals surface area contributed by atoms with Crippen LogP contribution in [0.3, 0.4) is 0 Å². The molecule has 2 fully saturated rings. The molecule has 1 aromatic carbocycles. The number of amides is 2. The third-order valence-electron chi connectivity index (χ3n) is 5.30. The van der Waals surface area contributed by atoms with Gasteiger partial charge in [0.1, 0.15) is 0 Å². The van der Waals surface area contributed by atoms with Crippen LogP contribution in [0.1, 0.15) is 44.1 Å². The van der Waals surface area contributed by atoms with E-state index < -0.39 is 6.10 Å². The van der Waals surface area contributed by atoms with Crippen molar-refractivity contribution < 1.29 is 14.7 Å². The predicted molar refractivity (Wildman–Crippen MR) is 95.6 cm³/mol. The fourth-order valence-electron chi connectivity index (χ4n) is 3.91. The first kappa shape index (κ1) is 17.9. The van der Waals surface area contributed by atoms with Gasteiger partial charge < -0.3 is 14.9 Å². The van der Waals surface area contributed by atoms with E-state index >= 15 is 0 Å². The molecule has 2 amide bonds. The van der Waals surface area contributed by atoms with Gasteiger partial charge >= 0.3 is 0 Å². The van der Waals surface area contributed by atoms with Crippen LogP contribution in [-0.4, -0.2) is 52.5 Å². The van der Waals surface area contributed by atoms with Crippen LogP contribution in [0.15, 0.2) is 30.3 Å². The highest BCUT2D eigenvalue weighted by atomic mass is 16.3. The number of hydrogen-bond acceptors (Lipinski definition) is 3. The van der Waals surface area contributed by atoms with Crippen LogP contribution in [0.4, 0.5) is 0 Å². The lowest BCUT2D eigenvalue weighted by Gasteiger charge is -2.26. The molecule has 136 valence electrons. The zero-order chi connectivity index (χ0) is 17.6. The molecular formula is C20H28N2O3. The molecule has 1 N–H and O–H groups in total. The van der Waals surface area contributed by atoms with Gasteiger partial charge in [-0.05, 0) is 24.3 Å². The first-order valence-corrected chi connectivity index (χ1v) is 9.39. The summed E-state index contributed by atoms with van der Waals surface area (Å²) in [5.74, 6) is 0.371. The SMILES string of the molecule is O=C(CC1CCCCC1)N1CC(=O)N(Cc2ccccc2)CC(O)C1. The molecule has 1 saturated carbocycles. The lowest BCUT2D eigenvalue weighted by atomic mass is 9.86. The van der Waals surface area contributed by atoms with E-state index in [9.17, 15) is 14.7 Å². The first-order valence-electron chi connectivity index (χ1n) is 9.39. The molecule has 1 saturated heterocycles. The van der Waals surface area contributed by atoms with Crippen molar-refractivity contribution in [3.05, 3.63) is 35.9 Å². The number of aliphatic hydroxyl groups excluding tert-OH is 1. The summed E-state index contributed by atoms with van der Waals surface area (Å²) < 4.78 is 0. The zero-order valence-electron chi connectivity index (χ0n) is 14.8. The Balaban J connectivity index is 1.60. The summed E-state index contributed by atoms with van der Waals surface area (Å²) in [5.41, 5.74) is 1.03. The Morgan fingerprint density at radius 1 is 1.08 bits per heavy atom. The zero-order valence-corrected chi connectivity index (χ0v) is 14.8. The van der Waals surface area contributed by atoms with Crippen molar-refractivity contribution in [2.24, 2.45) is 5.92 Å². The quantitative estimate of drug-likeness (QED) is 0.911. The van der Waals surface area contributed by atoms with Crippen LogP contribution < -0.4 is 0 Å². The molecule has 25 heavy (non-hydrogen) atoms. The highest BCUT2D eigenvalue weighted by molar-refractivity contribution is 5.85. The summed E-state index contributed by atoms with van der Waals surface area (Å²) in [6.45, 7) is 1.08. The minimum absolute atomic E-state index is 0.0147. The molecule has 0 radical (unpaired) electrons. The summed E-state index contributed by atoms with van der Waals surface area (Å²) in [6.07, 6.45) is 5.70. The molecule has 3 rings (SSSR count). The lowest BCUT2D eigenvalue weighted by molar-refractivity contribution is -0.139. The summed E-state index contributed by atoms with van der Waals surface area (Å²) in [6, 6.07) is 9.75. The van der Waals surface area contributed by atoms with Crippen LogP contribution in [0.25, 0.3) is 0 Å². The van der Waals surface area contributed by atoms with Crippen LogP contribution >= 0.6 is 0 Å². The van der Waals surface area contributed by atoms with Gasteiger partial charge in [-0.2, -0.15) is 0 Å². The van der Waals surface area contributed by atoms with Crippen molar-refractivity contribution >= 4 is 11.8 Å². The van der Waals surface area contributed by atoms with Gasteiger partial charge in [0.25, 0.3) is 0 Å². The van der Waals surface area contributed by atoms with E-state index in [2.05, 4.69) is 0 Å². The number of β-amino-alcohol motifs (C(OH)–C–C–N with tert-alkyl or cyclic N) is 1. The van der Waals surface area contributed by atoms with Gasteiger partial charge in [-0.25, -0.2) is 0 Å². The monoisotopic (exact) mass is 344 g/mol. The second-order valence-electron chi connectivity index (χ2n) is 7.40. The van der Waals surface area contributed by atoms with Gasteiger partial charge in [-0.3, -0.25) is 9.59 Å². The van der Waals surface area contributed by atoms with Gasteiger partial charge in [-0.15, -0.1) is 0 Å². The van der Waals surface area contributed by atoms with Crippen molar-refractivity contribution in [1.82, 2.24) is 9.80 Å². The minimum Gasteiger partial charge on any atom is -0.389 e. The number of benzene rings is 1. The minimum atomic E-state index is -0.689. The molecule has 1 aliphatic heterocycles.